The van der Waals surface area contributed by atoms with E-state index in [2.05, 4.69) is 22.0 Å². The number of piperidine rings is 1. The maximum absolute atomic E-state index is 3.63. The predicted molar refractivity (Wildman–Crippen MR) is 66.7 cm³/mol. The second-order valence-corrected chi connectivity index (χ2v) is 5.87. The van der Waals surface area contributed by atoms with Crippen molar-refractivity contribution in [2.75, 3.05) is 32.7 Å². The van der Waals surface area contributed by atoms with Crippen LogP contribution in [0.15, 0.2) is 0 Å². The molecule has 0 bridgehead atoms. The summed E-state index contributed by atoms with van der Waals surface area (Å²) in [5.41, 5.74) is 0. The van der Waals surface area contributed by atoms with Crippen LogP contribution in [0, 0.1) is 0 Å². The molecule has 16 heavy (non-hydrogen) atoms. The molecule has 0 amide bonds. The number of fused-ring (bicyclic) bond motifs is 1. The third-order valence-electron chi connectivity index (χ3n) is 4.77. The standard InChI is InChI=1S/C13H25N3/c1-11-4-5-12(9-14-11)16-8-7-15-6-2-3-13(15)10-16/h11-14H,2-10H2,1H3. The third-order valence-corrected chi connectivity index (χ3v) is 4.77. The first-order chi connectivity index (χ1) is 7.83. The minimum absolute atomic E-state index is 0.740. The number of nitrogens with one attached hydrogen (secondary N) is 1. The predicted octanol–water partition coefficient (Wildman–Crippen LogP) is 0.907. The van der Waals surface area contributed by atoms with E-state index < -0.39 is 0 Å². The summed E-state index contributed by atoms with van der Waals surface area (Å²) in [5, 5.41) is 3.63. The van der Waals surface area contributed by atoms with Crippen molar-refractivity contribution < 1.29 is 0 Å². The number of rotatable bonds is 1. The van der Waals surface area contributed by atoms with E-state index in [4.69, 9.17) is 0 Å². The molecule has 3 fully saturated rings. The molecule has 0 radical (unpaired) electrons. The summed E-state index contributed by atoms with van der Waals surface area (Å²) in [6, 6.07) is 2.44. The Morgan fingerprint density at radius 1 is 0.938 bits per heavy atom. The van der Waals surface area contributed by atoms with Gasteiger partial charge in [-0.3, -0.25) is 9.80 Å². The average molecular weight is 223 g/mol. The number of hydrogen-bond acceptors (Lipinski definition) is 3. The molecule has 3 atom stereocenters. The normalized spacial score (nSPS) is 42.2. The van der Waals surface area contributed by atoms with Crippen LogP contribution in [0.25, 0.3) is 0 Å². The molecule has 0 aromatic carbocycles. The molecular weight excluding hydrogens is 198 g/mol. The molecule has 3 heterocycles. The van der Waals surface area contributed by atoms with Gasteiger partial charge in [-0.05, 0) is 39.2 Å². The van der Waals surface area contributed by atoms with Gasteiger partial charge in [0.2, 0.25) is 0 Å². The van der Waals surface area contributed by atoms with Crippen molar-refractivity contribution in [2.24, 2.45) is 0 Å². The van der Waals surface area contributed by atoms with Crippen LogP contribution in [0.1, 0.15) is 32.6 Å². The van der Waals surface area contributed by atoms with Crippen molar-refractivity contribution >= 4 is 0 Å². The summed E-state index contributed by atoms with van der Waals surface area (Å²) in [4.78, 5) is 5.46. The molecule has 0 saturated carbocycles. The fourth-order valence-electron chi connectivity index (χ4n) is 3.64. The summed E-state index contributed by atoms with van der Waals surface area (Å²) >= 11 is 0. The molecule has 3 nitrogen and oxygen atoms in total. The maximum Gasteiger partial charge on any atom is 0.0224 e. The SMILES string of the molecule is CC1CCC(N2CCN3CCCC3C2)CN1. The lowest BCUT2D eigenvalue weighted by atomic mass is 9.99. The Morgan fingerprint density at radius 2 is 1.81 bits per heavy atom. The second kappa shape index (κ2) is 4.63. The molecule has 3 unspecified atom stereocenters. The molecule has 0 aromatic heterocycles. The largest absolute Gasteiger partial charge is 0.313 e. The Morgan fingerprint density at radius 3 is 2.62 bits per heavy atom. The van der Waals surface area contributed by atoms with Crippen molar-refractivity contribution in [2.45, 2.75) is 50.7 Å². The van der Waals surface area contributed by atoms with Crippen LogP contribution in [0.4, 0.5) is 0 Å². The van der Waals surface area contributed by atoms with E-state index >= 15 is 0 Å². The molecule has 3 rings (SSSR count). The summed E-state index contributed by atoms with van der Waals surface area (Å²) in [7, 11) is 0. The van der Waals surface area contributed by atoms with Gasteiger partial charge in [-0.25, -0.2) is 0 Å². The summed E-state index contributed by atoms with van der Waals surface area (Å²) in [6.07, 6.45) is 5.63. The van der Waals surface area contributed by atoms with Gasteiger partial charge in [0.25, 0.3) is 0 Å². The smallest absolute Gasteiger partial charge is 0.0224 e. The zero-order valence-corrected chi connectivity index (χ0v) is 10.5. The molecule has 92 valence electrons. The van der Waals surface area contributed by atoms with Crippen LogP contribution < -0.4 is 5.32 Å². The van der Waals surface area contributed by atoms with Gasteiger partial charge in [0.1, 0.15) is 0 Å². The zero-order chi connectivity index (χ0) is 11.0. The monoisotopic (exact) mass is 223 g/mol. The first-order valence-corrected chi connectivity index (χ1v) is 7.04. The van der Waals surface area contributed by atoms with E-state index in [-0.39, 0.29) is 0 Å². The Bertz CT molecular complexity index is 235. The lowest BCUT2D eigenvalue weighted by Crippen LogP contribution is -2.57. The summed E-state index contributed by atoms with van der Waals surface area (Å²) < 4.78 is 0. The molecular formula is C13H25N3. The molecule has 3 saturated heterocycles. The second-order valence-electron chi connectivity index (χ2n) is 5.87. The Kier molecular flexibility index (Phi) is 3.18. The third kappa shape index (κ3) is 2.13. The van der Waals surface area contributed by atoms with Gasteiger partial charge in [0, 0.05) is 44.3 Å². The molecule has 0 aliphatic carbocycles. The number of nitrogens with zero attached hydrogens (tertiary/aromatic N) is 2. The lowest BCUT2D eigenvalue weighted by Gasteiger charge is -2.43. The lowest BCUT2D eigenvalue weighted by molar-refractivity contribution is 0.0583. The van der Waals surface area contributed by atoms with Gasteiger partial charge in [0.15, 0.2) is 0 Å². The van der Waals surface area contributed by atoms with Crippen molar-refractivity contribution in [3.05, 3.63) is 0 Å². The van der Waals surface area contributed by atoms with Gasteiger partial charge in [-0.2, -0.15) is 0 Å². The minimum Gasteiger partial charge on any atom is -0.313 e. The Balaban J connectivity index is 1.55. The van der Waals surface area contributed by atoms with Crippen molar-refractivity contribution in [1.29, 1.82) is 0 Å². The van der Waals surface area contributed by atoms with Crippen LogP contribution in [-0.4, -0.2) is 60.6 Å². The van der Waals surface area contributed by atoms with E-state index in [1.165, 1.54) is 58.4 Å². The van der Waals surface area contributed by atoms with Gasteiger partial charge in [-0.1, -0.05) is 0 Å². The van der Waals surface area contributed by atoms with Gasteiger partial charge >= 0.3 is 0 Å². The Labute approximate surface area is 99.2 Å². The maximum atomic E-state index is 3.63. The topological polar surface area (TPSA) is 18.5 Å². The molecule has 3 aliphatic rings. The van der Waals surface area contributed by atoms with Crippen LogP contribution in [0.3, 0.4) is 0 Å². The molecule has 0 aromatic rings. The molecule has 3 heteroatoms. The van der Waals surface area contributed by atoms with Crippen LogP contribution in [0.2, 0.25) is 0 Å². The fraction of sp³-hybridized carbons (Fsp3) is 1.00. The average Bonchev–Trinajstić information content (AvgIpc) is 2.77. The highest BCUT2D eigenvalue weighted by atomic mass is 15.3. The van der Waals surface area contributed by atoms with Crippen molar-refractivity contribution in [1.82, 2.24) is 15.1 Å². The highest BCUT2D eigenvalue weighted by Crippen LogP contribution is 2.24. The highest BCUT2D eigenvalue weighted by molar-refractivity contribution is 4.91. The van der Waals surface area contributed by atoms with Crippen LogP contribution >= 0.6 is 0 Å². The van der Waals surface area contributed by atoms with E-state index in [1.54, 1.807) is 0 Å². The highest BCUT2D eigenvalue weighted by Gasteiger charge is 2.34. The number of hydrogen-bond donors (Lipinski definition) is 1. The van der Waals surface area contributed by atoms with Crippen molar-refractivity contribution in [3.8, 4) is 0 Å². The van der Waals surface area contributed by atoms with Crippen LogP contribution in [-0.2, 0) is 0 Å². The van der Waals surface area contributed by atoms with Crippen molar-refractivity contribution in [3.63, 3.8) is 0 Å². The molecule has 0 spiro atoms. The fourth-order valence-corrected chi connectivity index (χ4v) is 3.64. The summed E-state index contributed by atoms with van der Waals surface area (Å²) in [6.45, 7) is 8.84. The quantitative estimate of drug-likeness (QED) is 0.713. The van der Waals surface area contributed by atoms with Gasteiger partial charge in [0.05, 0.1) is 0 Å². The van der Waals surface area contributed by atoms with Crippen LogP contribution in [0.5, 0.6) is 0 Å². The minimum atomic E-state index is 0.740. The summed E-state index contributed by atoms with van der Waals surface area (Å²) in [5.74, 6) is 0. The Hall–Kier alpha value is -0.120. The van der Waals surface area contributed by atoms with E-state index in [9.17, 15) is 0 Å². The van der Waals surface area contributed by atoms with E-state index in [1.807, 2.05) is 0 Å². The first kappa shape index (κ1) is 11.0. The van der Waals surface area contributed by atoms with E-state index in [0.29, 0.717) is 0 Å². The molecule has 3 aliphatic heterocycles. The van der Waals surface area contributed by atoms with Gasteiger partial charge < -0.3 is 5.32 Å². The first-order valence-electron chi connectivity index (χ1n) is 7.04. The molecule has 1 N–H and O–H groups in total. The number of piperazine rings is 1. The zero-order valence-electron chi connectivity index (χ0n) is 10.5. The van der Waals surface area contributed by atoms with Gasteiger partial charge in [-0.15, -0.1) is 0 Å². The van der Waals surface area contributed by atoms with E-state index in [0.717, 1.165) is 18.1 Å².